The minimum atomic E-state index is -2.36. The molecule has 2 aromatic carbocycles. The Morgan fingerprint density at radius 2 is 1.60 bits per heavy atom. The van der Waals surface area contributed by atoms with Gasteiger partial charge in [0.05, 0.1) is 4.92 Å². The Kier molecular flexibility index (Phi) is 5.92. The molecule has 1 aliphatic rings. The highest BCUT2D eigenvalue weighted by Crippen LogP contribution is 2.53. The quantitative estimate of drug-likeness (QED) is 0.350. The van der Waals surface area contributed by atoms with Crippen LogP contribution in [0.2, 0.25) is 0 Å². The van der Waals surface area contributed by atoms with Crippen LogP contribution in [-0.2, 0) is 27.8 Å². The lowest BCUT2D eigenvalue weighted by atomic mass is 9.74. The number of aliphatic carboxylic acids is 2. The molecule has 0 unspecified atom stereocenters. The van der Waals surface area contributed by atoms with Gasteiger partial charge < -0.3 is 10.2 Å². The summed E-state index contributed by atoms with van der Waals surface area (Å²) in [6.07, 6.45) is 3.67. The van der Waals surface area contributed by atoms with E-state index in [2.05, 4.69) is 0 Å². The second-order valence-corrected chi connectivity index (χ2v) is 7.66. The standard InChI is InChI=1S/C23H25NO6/c1-3-5-9-14-13-17-15-11-7-8-12-18(15)23(21(25)26,22(27)28)19(17)16(10-6-4-2)20(14)24(29)30/h7-8,11-13H,3-6,9-10H2,1-2H3,(H,25,26)(H,27,28). The SMILES string of the molecule is CCCCc1cc2c(c(CCCC)c1[N+](=O)[O-])C(C(=O)O)(C(=O)O)c1ccccc1-2. The first-order chi connectivity index (χ1) is 14.3. The molecular weight excluding hydrogens is 386 g/mol. The normalized spacial score (nSPS) is 13.5. The maximum absolute atomic E-state index is 12.5. The van der Waals surface area contributed by atoms with Gasteiger partial charge in [0.2, 0.25) is 5.41 Å². The predicted octanol–water partition coefficient (Wildman–Crippen LogP) is 4.72. The highest BCUT2D eigenvalue weighted by Gasteiger charge is 2.58. The molecule has 2 N–H and O–H groups in total. The summed E-state index contributed by atoms with van der Waals surface area (Å²) in [5.41, 5.74) is -0.511. The van der Waals surface area contributed by atoms with Crippen LogP contribution in [0.25, 0.3) is 11.1 Å². The van der Waals surface area contributed by atoms with Crippen molar-refractivity contribution in [3.05, 3.63) is 62.7 Å². The van der Waals surface area contributed by atoms with Gasteiger partial charge in [-0.3, -0.25) is 19.7 Å². The first-order valence-corrected chi connectivity index (χ1v) is 10.2. The van der Waals surface area contributed by atoms with Crippen molar-refractivity contribution in [2.24, 2.45) is 0 Å². The molecule has 158 valence electrons. The molecular formula is C23H25NO6. The number of hydrogen-bond acceptors (Lipinski definition) is 4. The van der Waals surface area contributed by atoms with Crippen molar-refractivity contribution in [3.8, 4) is 11.1 Å². The fraction of sp³-hybridized carbons (Fsp3) is 0.391. The molecule has 0 radical (unpaired) electrons. The third-order valence-corrected chi connectivity index (χ3v) is 5.88. The molecule has 0 saturated heterocycles. The molecule has 0 heterocycles. The third kappa shape index (κ3) is 3.05. The number of rotatable bonds is 9. The molecule has 7 heteroatoms. The topological polar surface area (TPSA) is 118 Å². The molecule has 0 aliphatic heterocycles. The van der Waals surface area contributed by atoms with E-state index in [0.717, 1.165) is 19.3 Å². The fourth-order valence-corrected chi connectivity index (χ4v) is 4.53. The van der Waals surface area contributed by atoms with Gasteiger partial charge in [0.15, 0.2) is 0 Å². The number of aryl methyl sites for hydroxylation is 1. The number of fused-ring (bicyclic) bond motifs is 3. The molecule has 0 saturated carbocycles. The zero-order valence-corrected chi connectivity index (χ0v) is 17.1. The summed E-state index contributed by atoms with van der Waals surface area (Å²) in [5.74, 6) is -3.07. The molecule has 0 aromatic heterocycles. The number of carbonyl (C=O) groups is 2. The van der Waals surface area contributed by atoms with Crippen molar-refractivity contribution in [1.29, 1.82) is 0 Å². The van der Waals surface area contributed by atoms with Gasteiger partial charge in [0.1, 0.15) is 0 Å². The molecule has 0 bridgehead atoms. The van der Waals surface area contributed by atoms with E-state index in [-0.39, 0.29) is 28.8 Å². The van der Waals surface area contributed by atoms with Gasteiger partial charge in [-0.1, -0.05) is 51.0 Å². The second-order valence-electron chi connectivity index (χ2n) is 7.66. The number of nitro benzene ring substituents is 1. The van der Waals surface area contributed by atoms with E-state index < -0.39 is 22.3 Å². The Hall–Kier alpha value is -3.22. The van der Waals surface area contributed by atoms with Gasteiger partial charge in [0, 0.05) is 16.7 Å². The van der Waals surface area contributed by atoms with Crippen LogP contribution < -0.4 is 0 Å². The minimum absolute atomic E-state index is 0.0455. The Morgan fingerprint density at radius 1 is 1.00 bits per heavy atom. The van der Waals surface area contributed by atoms with Crippen molar-refractivity contribution in [2.45, 2.75) is 57.8 Å². The molecule has 0 spiro atoms. The van der Waals surface area contributed by atoms with Gasteiger partial charge in [-0.25, -0.2) is 0 Å². The summed E-state index contributed by atoms with van der Waals surface area (Å²) in [4.78, 5) is 36.6. The van der Waals surface area contributed by atoms with Crippen molar-refractivity contribution < 1.29 is 24.7 Å². The summed E-state index contributed by atoms with van der Waals surface area (Å²) < 4.78 is 0. The van der Waals surface area contributed by atoms with Crippen LogP contribution in [0.15, 0.2) is 30.3 Å². The Bertz CT molecular complexity index is 1010. The second kappa shape index (κ2) is 8.26. The average Bonchev–Trinajstić information content (AvgIpc) is 3.01. The van der Waals surface area contributed by atoms with Crippen molar-refractivity contribution in [1.82, 2.24) is 0 Å². The summed E-state index contributed by atoms with van der Waals surface area (Å²) >= 11 is 0. The first kappa shape index (κ1) is 21.5. The fourth-order valence-electron chi connectivity index (χ4n) is 4.53. The molecule has 0 atom stereocenters. The van der Waals surface area contributed by atoms with Crippen LogP contribution in [0.4, 0.5) is 5.69 Å². The number of carboxylic acid groups (broad SMARTS) is 2. The Morgan fingerprint density at radius 3 is 2.17 bits per heavy atom. The molecule has 2 aromatic rings. The summed E-state index contributed by atoms with van der Waals surface area (Å²) in [6.45, 7) is 3.93. The van der Waals surface area contributed by atoms with Gasteiger partial charge in [-0.05, 0) is 48.4 Å². The zero-order chi connectivity index (χ0) is 22.1. The molecule has 0 amide bonds. The minimum Gasteiger partial charge on any atom is -0.480 e. The van der Waals surface area contributed by atoms with Gasteiger partial charge in [-0.2, -0.15) is 0 Å². The highest BCUT2D eigenvalue weighted by molar-refractivity contribution is 6.15. The van der Waals surface area contributed by atoms with E-state index in [1.807, 2.05) is 13.8 Å². The number of nitro groups is 1. The molecule has 3 rings (SSSR count). The van der Waals surface area contributed by atoms with E-state index in [9.17, 15) is 29.9 Å². The smallest absolute Gasteiger partial charge is 0.330 e. The zero-order valence-electron chi connectivity index (χ0n) is 17.1. The third-order valence-electron chi connectivity index (χ3n) is 5.88. The predicted molar refractivity (Wildman–Crippen MR) is 112 cm³/mol. The van der Waals surface area contributed by atoms with E-state index in [1.54, 1.807) is 24.3 Å². The van der Waals surface area contributed by atoms with Crippen LogP contribution in [0.1, 0.15) is 61.8 Å². The van der Waals surface area contributed by atoms with Crippen molar-refractivity contribution >= 4 is 17.6 Å². The van der Waals surface area contributed by atoms with E-state index >= 15 is 0 Å². The number of benzene rings is 2. The van der Waals surface area contributed by atoms with Crippen LogP contribution >= 0.6 is 0 Å². The van der Waals surface area contributed by atoms with Crippen LogP contribution in [0.5, 0.6) is 0 Å². The number of carboxylic acids is 2. The number of hydrogen-bond donors (Lipinski definition) is 2. The maximum atomic E-state index is 12.5. The first-order valence-electron chi connectivity index (χ1n) is 10.2. The van der Waals surface area contributed by atoms with Crippen molar-refractivity contribution in [2.75, 3.05) is 0 Å². The Balaban J connectivity index is 2.50. The number of nitrogens with zero attached hydrogens (tertiary/aromatic N) is 1. The summed E-state index contributed by atoms with van der Waals surface area (Å²) in [7, 11) is 0. The average molecular weight is 411 g/mol. The molecule has 7 nitrogen and oxygen atoms in total. The molecule has 30 heavy (non-hydrogen) atoms. The van der Waals surface area contributed by atoms with Crippen LogP contribution in [-0.4, -0.2) is 27.1 Å². The van der Waals surface area contributed by atoms with Gasteiger partial charge in [0.25, 0.3) is 5.69 Å². The highest BCUT2D eigenvalue weighted by atomic mass is 16.6. The lowest BCUT2D eigenvalue weighted by molar-refractivity contribution is -0.386. The van der Waals surface area contributed by atoms with Crippen LogP contribution in [0, 0.1) is 10.1 Å². The van der Waals surface area contributed by atoms with Gasteiger partial charge >= 0.3 is 11.9 Å². The summed E-state index contributed by atoms with van der Waals surface area (Å²) in [5, 5.41) is 32.4. The lowest BCUT2D eigenvalue weighted by Crippen LogP contribution is -2.44. The van der Waals surface area contributed by atoms with Crippen molar-refractivity contribution in [3.63, 3.8) is 0 Å². The lowest BCUT2D eigenvalue weighted by Gasteiger charge is -2.25. The van der Waals surface area contributed by atoms with E-state index in [1.165, 1.54) is 6.07 Å². The van der Waals surface area contributed by atoms with E-state index in [0.29, 0.717) is 29.5 Å². The molecule has 1 aliphatic carbocycles. The maximum Gasteiger partial charge on any atom is 0.330 e. The monoisotopic (exact) mass is 411 g/mol. The largest absolute Gasteiger partial charge is 0.480 e. The summed E-state index contributed by atoms with van der Waals surface area (Å²) in [6, 6.07) is 8.16. The van der Waals surface area contributed by atoms with Crippen LogP contribution in [0.3, 0.4) is 0 Å². The number of unbranched alkanes of at least 4 members (excludes halogenated alkanes) is 2. The van der Waals surface area contributed by atoms with E-state index in [4.69, 9.17) is 0 Å². The van der Waals surface area contributed by atoms with Gasteiger partial charge in [-0.15, -0.1) is 0 Å². The molecule has 0 fully saturated rings. The Labute approximate surface area is 174 Å².